The Bertz CT molecular complexity index is 423. The fraction of sp³-hybridized carbons (Fsp3) is 0.167. The summed E-state index contributed by atoms with van der Waals surface area (Å²) in [6.07, 6.45) is 0. The van der Waals surface area contributed by atoms with Crippen LogP contribution in [0.4, 0.5) is 5.69 Å². The summed E-state index contributed by atoms with van der Waals surface area (Å²) in [6, 6.07) is 14.7. The molecule has 0 aliphatic rings. The molecule has 80 valence electrons. The predicted molar refractivity (Wildman–Crippen MR) is 76.6 cm³/mol. The normalized spacial score (nSPS) is 9.67. The lowest BCUT2D eigenvalue weighted by Gasteiger charge is -2.07. The molecule has 0 spiro atoms. The van der Waals surface area contributed by atoms with Gasteiger partial charge in [0, 0.05) is 22.9 Å². The number of nitrogens with one attached hydrogen (secondary N) is 1. The summed E-state index contributed by atoms with van der Waals surface area (Å²) in [6.45, 7) is 0.952. The van der Waals surface area contributed by atoms with Gasteiger partial charge in [0.1, 0.15) is 0 Å². The average Bonchev–Trinajstić information content (AvgIpc) is 2.26. The van der Waals surface area contributed by atoms with Crippen LogP contribution >= 0.6 is 32.9 Å². The van der Waals surface area contributed by atoms with Crippen molar-refractivity contribution in [1.29, 1.82) is 0 Å². The summed E-state index contributed by atoms with van der Waals surface area (Å²) in [5.74, 6) is 0. The van der Waals surface area contributed by atoms with Crippen LogP contribution in [0.2, 0.25) is 0 Å². The van der Waals surface area contributed by atoms with Gasteiger partial charge in [0.05, 0.1) is 0 Å². The molecule has 0 aliphatic heterocycles. The maximum absolute atomic E-state index is 3.41. The number of hydrogen-bond donors (Lipinski definition) is 1. The van der Waals surface area contributed by atoms with Crippen molar-refractivity contribution in [3.63, 3.8) is 0 Å². The van der Waals surface area contributed by atoms with E-state index in [-0.39, 0.29) is 17.0 Å². The topological polar surface area (TPSA) is 12.0 Å². The molecule has 0 bridgehead atoms. The smallest absolute Gasteiger partial charge is 0.0420 e. The quantitative estimate of drug-likeness (QED) is 0.831. The maximum Gasteiger partial charge on any atom is 0.0420 e. The van der Waals surface area contributed by atoms with Crippen LogP contribution in [-0.4, -0.2) is 11.9 Å². The molecule has 1 nitrogen and oxygen atoms in total. The van der Waals surface area contributed by atoms with Crippen molar-refractivity contribution in [3.8, 4) is 0 Å². The van der Waals surface area contributed by atoms with Crippen LogP contribution in [0.1, 0.15) is 0 Å². The largest absolute Gasteiger partial charge is 0.384 e. The molecule has 0 unspecified atom stereocenters. The van der Waals surface area contributed by atoms with Gasteiger partial charge in [-0.2, -0.15) is 0 Å². The molecular weight excluding hydrogens is 318 g/mol. The van der Waals surface area contributed by atoms with Gasteiger partial charge in [0.15, 0.2) is 0 Å². The first kappa shape index (κ1) is 12.5. The molecule has 2 aromatic rings. The van der Waals surface area contributed by atoms with E-state index in [4.69, 9.17) is 0 Å². The van der Waals surface area contributed by atoms with Crippen molar-refractivity contribution in [3.05, 3.63) is 42.5 Å². The predicted octanol–water partition coefficient (Wildman–Crippen LogP) is 4.22. The molecule has 0 atom stereocenters. The second kappa shape index (κ2) is 6.13. The molecule has 2 aromatic carbocycles. The van der Waals surface area contributed by atoms with Crippen LogP contribution in [0.25, 0.3) is 10.8 Å². The molecule has 3 heteroatoms. The van der Waals surface area contributed by atoms with E-state index < -0.39 is 0 Å². The van der Waals surface area contributed by atoms with Gasteiger partial charge in [-0.1, -0.05) is 52.3 Å². The molecular formula is C12H13Br2N. The van der Waals surface area contributed by atoms with Gasteiger partial charge in [0.2, 0.25) is 0 Å². The van der Waals surface area contributed by atoms with Gasteiger partial charge < -0.3 is 5.32 Å². The van der Waals surface area contributed by atoms with Crippen LogP contribution in [0, 0.1) is 0 Å². The number of halogens is 2. The van der Waals surface area contributed by atoms with Crippen molar-refractivity contribution < 1.29 is 0 Å². The molecule has 0 aromatic heterocycles. The third-order valence-electron chi connectivity index (χ3n) is 2.20. The molecule has 0 radical (unpaired) electrons. The van der Waals surface area contributed by atoms with Crippen molar-refractivity contribution in [1.82, 2.24) is 0 Å². The van der Waals surface area contributed by atoms with Crippen molar-refractivity contribution in [2.24, 2.45) is 0 Å². The lowest BCUT2D eigenvalue weighted by Crippen LogP contribution is -2.02. The Hall–Kier alpha value is -0.540. The Balaban J connectivity index is 0.00000112. The van der Waals surface area contributed by atoms with Crippen molar-refractivity contribution in [2.45, 2.75) is 0 Å². The Morgan fingerprint density at radius 2 is 1.73 bits per heavy atom. The third kappa shape index (κ3) is 2.95. The molecule has 2 rings (SSSR count). The lowest BCUT2D eigenvalue weighted by molar-refractivity contribution is 1.25. The first-order valence-electron chi connectivity index (χ1n) is 4.69. The van der Waals surface area contributed by atoms with E-state index in [1.807, 2.05) is 0 Å². The molecule has 0 saturated carbocycles. The Morgan fingerprint density at radius 1 is 1.00 bits per heavy atom. The average molecular weight is 331 g/mol. The number of anilines is 1. The number of hydrogen-bond acceptors (Lipinski definition) is 1. The van der Waals surface area contributed by atoms with Crippen LogP contribution in [0.3, 0.4) is 0 Å². The summed E-state index contributed by atoms with van der Waals surface area (Å²) in [5.41, 5.74) is 1.21. The van der Waals surface area contributed by atoms with E-state index in [0.29, 0.717) is 0 Å². The van der Waals surface area contributed by atoms with Gasteiger partial charge in [0.25, 0.3) is 0 Å². The van der Waals surface area contributed by atoms with Gasteiger partial charge in [-0.3, -0.25) is 0 Å². The minimum Gasteiger partial charge on any atom is -0.384 e. The number of fused-ring (bicyclic) bond motifs is 1. The molecule has 0 saturated heterocycles. The monoisotopic (exact) mass is 329 g/mol. The summed E-state index contributed by atoms with van der Waals surface area (Å²) >= 11 is 3.41. The zero-order chi connectivity index (χ0) is 9.80. The number of alkyl halides is 1. The molecule has 0 heterocycles. The van der Waals surface area contributed by atoms with E-state index in [1.165, 1.54) is 16.5 Å². The minimum atomic E-state index is 0. The SMILES string of the molecule is Br.BrCCNc1cccc2ccccc12. The Morgan fingerprint density at radius 3 is 2.53 bits per heavy atom. The van der Waals surface area contributed by atoms with E-state index in [0.717, 1.165) is 11.9 Å². The second-order valence-electron chi connectivity index (χ2n) is 3.14. The van der Waals surface area contributed by atoms with Crippen molar-refractivity contribution >= 4 is 49.4 Å². The number of rotatable bonds is 3. The van der Waals surface area contributed by atoms with Gasteiger partial charge >= 0.3 is 0 Å². The van der Waals surface area contributed by atoms with Crippen LogP contribution in [0.5, 0.6) is 0 Å². The minimum absolute atomic E-state index is 0. The highest BCUT2D eigenvalue weighted by Gasteiger charge is 1.97. The molecule has 0 aliphatic carbocycles. The first-order chi connectivity index (χ1) is 6.92. The Kier molecular flexibility index (Phi) is 5.12. The fourth-order valence-electron chi connectivity index (χ4n) is 1.56. The van der Waals surface area contributed by atoms with Gasteiger partial charge in [-0.25, -0.2) is 0 Å². The van der Waals surface area contributed by atoms with E-state index in [2.05, 4.69) is 63.7 Å². The molecule has 1 N–H and O–H groups in total. The van der Waals surface area contributed by atoms with E-state index in [9.17, 15) is 0 Å². The summed E-state index contributed by atoms with van der Waals surface area (Å²) in [5, 5.41) is 6.93. The number of benzene rings is 2. The van der Waals surface area contributed by atoms with E-state index in [1.54, 1.807) is 0 Å². The zero-order valence-electron chi connectivity index (χ0n) is 8.24. The highest BCUT2D eigenvalue weighted by atomic mass is 79.9. The highest BCUT2D eigenvalue weighted by molar-refractivity contribution is 9.09. The van der Waals surface area contributed by atoms with Crippen molar-refractivity contribution in [2.75, 3.05) is 17.2 Å². The van der Waals surface area contributed by atoms with E-state index >= 15 is 0 Å². The summed E-state index contributed by atoms with van der Waals surface area (Å²) in [4.78, 5) is 0. The van der Waals surface area contributed by atoms with Gasteiger partial charge in [-0.05, 0) is 11.5 Å². The summed E-state index contributed by atoms with van der Waals surface area (Å²) in [7, 11) is 0. The third-order valence-corrected chi connectivity index (χ3v) is 2.60. The fourth-order valence-corrected chi connectivity index (χ4v) is 1.76. The van der Waals surface area contributed by atoms with Crippen LogP contribution in [-0.2, 0) is 0 Å². The Labute approximate surface area is 109 Å². The second-order valence-corrected chi connectivity index (χ2v) is 3.94. The standard InChI is InChI=1S/C12H12BrN.BrH/c13-8-9-14-12-7-3-5-10-4-1-2-6-11(10)12;/h1-7,14H,8-9H2;1H. The maximum atomic E-state index is 3.41. The summed E-state index contributed by atoms with van der Waals surface area (Å²) < 4.78 is 0. The zero-order valence-corrected chi connectivity index (χ0v) is 11.5. The highest BCUT2D eigenvalue weighted by Crippen LogP contribution is 2.22. The lowest BCUT2D eigenvalue weighted by atomic mass is 10.1. The molecule has 0 fully saturated rings. The first-order valence-corrected chi connectivity index (χ1v) is 5.81. The van der Waals surface area contributed by atoms with Crippen LogP contribution < -0.4 is 5.32 Å². The molecule has 0 amide bonds. The molecule has 15 heavy (non-hydrogen) atoms. The van der Waals surface area contributed by atoms with Gasteiger partial charge in [-0.15, -0.1) is 17.0 Å². The van der Waals surface area contributed by atoms with Crippen LogP contribution in [0.15, 0.2) is 42.5 Å².